The monoisotopic (exact) mass is 2590 g/mol. The molecule has 924 valence electrons. The molecule has 0 heterocycles. The van der Waals surface area contributed by atoms with Gasteiger partial charge in [-0.2, -0.15) is 0 Å². The second kappa shape index (κ2) is 98.7. The van der Waals surface area contributed by atoms with Gasteiger partial charge in [0.2, 0.25) is 0 Å². The molecular weight excluding hydrogens is 2310 g/mol. The zero-order valence-electron chi connectivity index (χ0n) is 116. The Morgan fingerprint density at radius 3 is 0.460 bits per heavy atom. The van der Waals surface area contributed by atoms with Gasteiger partial charge in [0.25, 0.3) is 0 Å². The van der Waals surface area contributed by atoms with Crippen molar-refractivity contribution >= 4 is 98.8 Å². The van der Waals surface area contributed by atoms with Crippen molar-refractivity contribution in [2.45, 2.75) is 602 Å². The summed E-state index contributed by atoms with van der Waals surface area (Å²) in [5.41, 5.74) is 1.27. The van der Waals surface area contributed by atoms with Crippen molar-refractivity contribution in [3.05, 3.63) is 59.8 Å². The van der Waals surface area contributed by atoms with E-state index in [9.17, 15) is 0 Å². The summed E-state index contributed by atoms with van der Waals surface area (Å²) in [6, 6.07) is 23.6. The molecule has 150 heavy (non-hydrogen) atoms. The maximum atomic E-state index is 5.33. The summed E-state index contributed by atoms with van der Waals surface area (Å²) in [6.45, 7) is 162. The van der Waals surface area contributed by atoms with Gasteiger partial charge in [0.15, 0.2) is 0 Å². The van der Waals surface area contributed by atoms with E-state index in [0.29, 0.717) is 0 Å². The van der Waals surface area contributed by atoms with Crippen LogP contribution < -0.4 is 0 Å². The van der Waals surface area contributed by atoms with Crippen LogP contribution in [0.15, 0.2) is 0 Å². The molecule has 0 saturated carbocycles. The minimum Gasteiger partial charge on any atom is -0.664 e. The fourth-order valence-corrected chi connectivity index (χ4v) is 48.6. The van der Waals surface area contributed by atoms with Gasteiger partial charge < -0.3 is 89.2 Å². The van der Waals surface area contributed by atoms with Crippen LogP contribution in [0.1, 0.15) is 331 Å². The molecular formula is C114H282Co6N18Si12+6. The summed E-state index contributed by atoms with van der Waals surface area (Å²) in [6.07, 6.45) is 2.47. The van der Waals surface area contributed by atoms with E-state index in [4.69, 9.17) is 29.9 Å². The molecule has 0 spiro atoms. The number of nitrogens with zero attached hydrogens (tertiary/aromatic N) is 18. The fraction of sp³-hybridized carbons (Fsp3) is 1.00. The summed E-state index contributed by atoms with van der Waals surface area (Å²) in [5.74, 6) is 0. The SMILES string of the molecule is CC(C)(C)[N-][Si](C)(C)C.CC(C)(C)[N-][Si](C)(C)C.CC(C)(C)[N-][Si](C)(C)C.CC(C)(C)[N-][Si](C)(C)C.CC(C)(C)[N-][Si](C)(C)C.CC(C)(C)[N-][Si](C)(C)C.CCN(CC)CC(C)(C)[N-][Si](CC)(CC)CC.CCN(CC)CCC[N-][Si](CC)(CC)CC.CCN(CC)CC[N-][Si](CC)(CC)CC.CC[Si](CC)(CC)[N-]C(C)(C)CN(C)C.CC[Si](CC)(CC)[N-]CCCN(C)C.CC[Si](CC)(CC)[N-]CCN(C)C.[Co+3].[Co+3].[Co+3].[Co+3].[Co+3].[Co+3]. The van der Waals surface area contributed by atoms with Crippen molar-refractivity contribution in [2.75, 3.05) is 147 Å². The third kappa shape index (κ3) is 140. The first kappa shape index (κ1) is 196. The van der Waals surface area contributed by atoms with Crippen LogP contribution in [0.5, 0.6) is 0 Å². The molecule has 0 aliphatic carbocycles. The van der Waals surface area contributed by atoms with E-state index in [2.05, 4.69) is 538 Å². The third-order valence-electron chi connectivity index (χ3n) is 25.1. The Morgan fingerprint density at radius 2 is 0.320 bits per heavy atom. The number of hydrogen-bond donors (Lipinski definition) is 0. The van der Waals surface area contributed by atoms with E-state index in [0.717, 1.165) is 78.5 Å². The summed E-state index contributed by atoms with van der Waals surface area (Å²) < 4.78 is 0. The maximum Gasteiger partial charge on any atom is 3.00 e. The third-order valence-corrected chi connectivity index (χ3v) is 62.6. The van der Waals surface area contributed by atoms with Gasteiger partial charge in [-0.15, -0.1) is 70.5 Å². The van der Waals surface area contributed by atoms with E-state index in [1.165, 1.54) is 148 Å². The molecule has 0 radical (unpaired) electrons. The predicted octanol–water partition coefficient (Wildman–Crippen LogP) is 40.2. The number of likely N-dealkylation sites (N-methyl/N-ethyl adjacent to an activating group) is 4. The van der Waals surface area contributed by atoms with Crippen LogP contribution in [0.25, 0.3) is 59.8 Å². The van der Waals surface area contributed by atoms with E-state index >= 15 is 0 Å². The molecule has 0 aliphatic rings. The largest absolute Gasteiger partial charge is 3.00 e. The number of hydrogen-bond acceptors (Lipinski definition) is 6. The van der Waals surface area contributed by atoms with E-state index < -0.39 is 98.8 Å². The van der Waals surface area contributed by atoms with Crippen LogP contribution in [-0.2, 0) is 101 Å². The average molecular weight is 2600 g/mol. The zero-order chi connectivity index (χ0) is 117. The molecule has 0 aromatic heterocycles. The molecule has 0 aromatic carbocycles. The molecule has 0 aliphatic heterocycles. The Kier molecular flexibility index (Phi) is 129. The predicted molar refractivity (Wildman–Crippen MR) is 718 cm³/mol. The van der Waals surface area contributed by atoms with Crippen molar-refractivity contribution in [3.63, 3.8) is 0 Å². The van der Waals surface area contributed by atoms with Crippen LogP contribution in [0, 0.1) is 0 Å². The Bertz CT molecular complexity index is 2480. The first-order valence-electron chi connectivity index (χ1n) is 59.3. The van der Waals surface area contributed by atoms with Gasteiger partial charge in [0, 0.05) is 0 Å². The molecule has 18 nitrogen and oxygen atoms in total. The average Bonchev–Trinajstić information content (AvgIpc) is 0.837. The van der Waals surface area contributed by atoms with Crippen LogP contribution in [0.3, 0.4) is 0 Å². The summed E-state index contributed by atoms with van der Waals surface area (Å²) in [7, 11) is -1.71. The molecule has 0 amide bonds. The molecule has 0 bridgehead atoms. The topological polar surface area (TPSA) is 189 Å². The quantitative estimate of drug-likeness (QED) is 0.0430. The first-order chi connectivity index (χ1) is 64.5. The van der Waals surface area contributed by atoms with Crippen molar-refractivity contribution < 1.29 is 101 Å². The summed E-state index contributed by atoms with van der Waals surface area (Å²) >= 11 is 0. The second-order valence-electron chi connectivity index (χ2n) is 54.9. The van der Waals surface area contributed by atoms with Crippen molar-refractivity contribution in [2.24, 2.45) is 0 Å². The van der Waals surface area contributed by atoms with Gasteiger partial charge in [0.1, 0.15) is 0 Å². The molecule has 0 N–H and O–H groups in total. The van der Waals surface area contributed by atoms with Gasteiger partial charge >= 0.3 is 101 Å². The zero-order valence-corrected chi connectivity index (χ0v) is 134. The minimum absolute atomic E-state index is 0. The van der Waals surface area contributed by atoms with E-state index in [1.807, 2.05) is 0 Å². The Balaban J connectivity index is -0.0000000795. The van der Waals surface area contributed by atoms with Gasteiger partial charge in [-0.3, -0.25) is 0 Å². The van der Waals surface area contributed by atoms with Crippen molar-refractivity contribution in [1.29, 1.82) is 0 Å². The smallest absolute Gasteiger partial charge is 0.664 e. The van der Waals surface area contributed by atoms with Gasteiger partial charge in [-0.05, 0) is 121 Å². The Hall–Kier alpha value is 4.92. The van der Waals surface area contributed by atoms with E-state index in [1.54, 1.807) is 0 Å². The first-order valence-corrected chi connectivity index (χ1v) is 95.4. The number of rotatable bonds is 56. The molecule has 0 aromatic rings. The van der Waals surface area contributed by atoms with E-state index in [-0.39, 0.29) is 145 Å². The Labute approximate surface area is 1030 Å². The van der Waals surface area contributed by atoms with Crippen LogP contribution in [0.2, 0.25) is 227 Å². The van der Waals surface area contributed by atoms with Gasteiger partial charge in [-0.25, -0.2) is 0 Å². The van der Waals surface area contributed by atoms with Crippen molar-refractivity contribution in [1.82, 2.24) is 29.4 Å². The Morgan fingerprint density at radius 1 is 0.167 bits per heavy atom. The molecule has 0 atom stereocenters. The minimum atomic E-state index is -1.35. The van der Waals surface area contributed by atoms with Crippen LogP contribution in [-0.4, -0.2) is 320 Å². The normalized spacial score (nSPS) is 12.7. The molecule has 0 rings (SSSR count). The molecule has 36 heteroatoms. The van der Waals surface area contributed by atoms with Gasteiger partial charge in [-0.1, -0.05) is 657 Å². The maximum absolute atomic E-state index is 5.33. The fourth-order valence-electron chi connectivity index (χ4n) is 18.8. The van der Waals surface area contributed by atoms with Crippen LogP contribution in [0.4, 0.5) is 0 Å². The second-order valence-corrected chi connectivity index (χ2v) is 111. The molecule has 0 fully saturated rings. The van der Waals surface area contributed by atoms with Gasteiger partial charge in [0.05, 0.1) is 0 Å². The standard InChI is InChI=1S/C14H33N2Si.C13H31N2Si.2C12H29N2Si.C11H27N2Si.C10H25N2Si.6C7H18NSi.6Co/c1-8-16(9-2)13-14(6,7)15-17(10-3,11-4)12-5;1-6-15(7-2)13-11-12-14-16(8-3,9-4)10-5;1-8-15(9-2,10-3)13-12(4,5)11-14(6)7;1-6-14(7-2)12-11-13-15(8-3,9-4)10-5;1-6-14(7-2,8-3)12-10-9-11-13(4)5;1-6-13(7-2,8-3)11-9-10-12(4)5;6*1-7(2,3)8-9(4,5)6;;;;;;/h8-13H2,1-7H3;6-13H2,1-5H3;8-11H2,1-7H3;6-12H2,1-5H3;6-11H2,1-5H3;6-10H2,1-5H3;6*1-6H3;;;;;;/q12*-1;6*+3. The summed E-state index contributed by atoms with van der Waals surface area (Å²) in [4.78, 5) is 72.8. The molecule has 0 saturated heterocycles. The summed E-state index contributed by atoms with van der Waals surface area (Å²) in [5, 5.41) is 0. The molecule has 0 unspecified atom stereocenters. The van der Waals surface area contributed by atoms with Crippen molar-refractivity contribution in [3.8, 4) is 0 Å². The van der Waals surface area contributed by atoms with Crippen LogP contribution >= 0.6 is 0 Å².